The van der Waals surface area contributed by atoms with Gasteiger partial charge in [0, 0.05) is 23.8 Å². The summed E-state index contributed by atoms with van der Waals surface area (Å²) in [5, 5.41) is 10.8. The molecule has 3 rings (SSSR count). The SMILES string of the molecule is CN1C2COCC1CC(O)(c1cccnc1F)C2. The Morgan fingerprint density at radius 2 is 2.11 bits per heavy atom. The van der Waals surface area contributed by atoms with Gasteiger partial charge in [0.25, 0.3) is 0 Å². The molecule has 1 aromatic rings. The molecule has 5 heteroatoms. The van der Waals surface area contributed by atoms with E-state index < -0.39 is 11.5 Å². The molecular weight excluding hydrogens is 235 g/mol. The highest BCUT2D eigenvalue weighted by Gasteiger charge is 2.46. The molecular formula is C13H17FN2O2. The fraction of sp³-hybridized carbons (Fsp3) is 0.615. The van der Waals surface area contributed by atoms with Crippen LogP contribution in [-0.2, 0) is 10.3 Å². The summed E-state index contributed by atoms with van der Waals surface area (Å²) in [6.45, 7) is 1.19. The molecule has 1 N–H and O–H groups in total. The predicted molar refractivity (Wildman–Crippen MR) is 63.5 cm³/mol. The van der Waals surface area contributed by atoms with Crippen molar-refractivity contribution in [3.63, 3.8) is 0 Å². The lowest BCUT2D eigenvalue weighted by molar-refractivity contribution is -0.139. The van der Waals surface area contributed by atoms with Crippen LogP contribution in [-0.4, -0.2) is 47.3 Å². The summed E-state index contributed by atoms with van der Waals surface area (Å²) in [7, 11) is 2.04. The number of aromatic nitrogens is 1. The predicted octanol–water partition coefficient (Wildman–Crippen LogP) is 0.901. The van der Waals surface area contributed by atoms with Crippen LogP contribution in [0.4, 0.5) is 4.39 Å². The van der Waals surface area contributed by atoms with Crippen molar-refractivity contribution >= 4 is 0 Å². The van der Waals surface area contributed by atoms with Crippen molar-refractivity contribution < 1.29 is 14.2 Å². The zero-order chi connectivity index (χ0) is 12.8. The van der Waals surface area contributed by atoms with Crippen molar-refractivity contribution in [1.29, 1.82) is 0 Å². The highest BCUT2D eigenvalue weighted by Crippen LogP contribution is 2.40. The minimum Gasteiger partial charge on any atom is -0.385 e. The molecule has 2 unspecified atom stereocenters. The van der Waals surface area contributed by atoms with Crippen LogP contribution in [0.3, 0.4) is 0 Å². The van der Waals surface area contributed by atoms with Crippen LogP contribution < -0.4 is 0 Å². The van der Waals surface area contributed by atoms with Crippen molar-refractivity contribution in [2.45, 2.75) is 30.5 Å². The van der Waals surface area contributed by atoms with Crippen LogP contribution in [0.2, 0.25) is 0 Å². The molecule has 4 nitrogen and oxygen atoms in total. The van der Waals surface area contributed by atoms with E-state index in [1.165, 1.54) is 6.20 Å². The third kappa shape index (κ3) is 1.83. The summed E-state index contributed by atoms with van der Waals surface area (Å²) in [6.07, 6.45) is 2.38. The second kappa shape index (κ2) is 4.26. The Bertz CT molecular complexity index is 440. The summed E-state index contributed by atoms with van der Waals surface area (Å²) in [5.41, 5.74) is -0.806. The smallest absolute Gasteiger partial charge is 0.218 e. The minimum absolute atomic E-state index is 0.141. The van der Waals surface area contributed by atoms with Crippen LogP contribution >= 0.6 is 0 Å². The average molecular weight is 252 g/mol. The van der Waals surface area contributed by atoms with E-state index in [4.69, 9.17) is 4.74 Å². The van der Waals surface area contributed by atoms with Crippen LogP contribution in [0.25, 0.3) is 0 Å². The molecule has 0 radical (unpaired) electrons. The number of rotatable bonds is 1. The standard InChI is InChI=1S/C13H17FN2O2/c1-16-9-5-13(17,6-10(16)8-18-7-9)11-3-2-4-15-12(11)14/h2-4,9-10,17H,5-8H2,1H3. The van der Waals surface area contributed by atoms with E-state index in [0.29, 0.717) is 31.6 Å². The monoisotopic (exact) mass is 252 g/mol. The molecule has 0 aromatic carbocycles. The Morgan fingerprint density at radius 1 is 1.44 bits per heavy atom. The fourth-order valence-electron chi connectivity index (χ4n) is 3.10. The quantitative estimate of drug-likeness (QED) is 0.754. The van der Waals surface area contributed by atoms with E-state index in [1.807, 2.05) is 7.05 Å². The second-order valence-corrected chi connectivity index (χ2v) is 5.29. The second-order valence-electron chi connectivity index (χ2n) is 5.29. The Labute approximate surface area is 105 Å². The number of morpholine rings is 1. The number of hydrogen-bond acceptors (Lipinski definition) is 4. The number of hydrogen-bond donors (Lipinski definition) is 1. The van der Waals surface area contributed by atoms with Crippen molar-refractivity contribution in [3.05, 3.63) is 29.8 Å². The van der Waals surface area contributed by atoms with Gasteiger partial charge in [-0.2, -0.15) is 4.39 Å². The molecule has 1 aromatic heterocycles. The van der Waals surface area contributed by atoms with Crippen molar-refractivity contribution in [1.82, 2.24) is 9.88 Å². The lowest BCUT2D eigenvalue weighted by atomic mass is 9.77. The first-order chi connectivity index (χ1) is 8.60. The summed E-state index contributed by atoms with van der Waals surface area (Å²) in [6, 6.07) is 3.58. The Hall–Kier alpha value is -1.04. The molecule has 2 atom stereocenters. The number of likely N-dealkylation sites (N-methyl/N-ethyl adjacent to an activating group) is 1. The lowest BCUT2D eigenvalue weighted by Gasteiger charge is -2.50. The Kier molecular flexibility index (Phi) is 2.84. The third-order valence-electron chi connectivity index (χ3n) is 4.18. The molecule has 2 bridgehead atoms. The zero-order valence-electron chi connectivity index (χ0n) is 10.3. The van der Waals surface area contributed by atoms with Gasteiger partial charge >= 0.3 is 0 Å². The van der Waals surface area contributed by atoms with Gasteiger partial charge in [-0.15, -0.1) is 0 Å². The van der Waals surface area contributed by atoms with Crippen LogP contribution in [0.5, 0.6) is 0 Å². The summed E-state index contributed by atoms with van der Waals surface area (Å²) >= 11 is 0. The molecule has 0 saturated carbocycles. The first kappa shape index (κ1) is 12.0. The van der Waals surface area contributed by atoms with Crippen molar-refractivity contribution in [2.75, 3.05) is 20.3 Å². The number of pyridine rings is 1. The molecule has 2 saturated heterocycles. The van der Waals surface area contributed by atoms with E-state index in [2.05, 4.69) is 9.88 Å². The van der Waals surface area contributed by atoms with Gasteiger partial charge in [0.2, 0.25) is 5.95 Å². The van der Waals surface area contributed by atoms with Gasteiger partial charge in [0.05, 0.1) is 18.8 Å². The summed E-state index contributed by atoms with van der Waals surface area (Å²) < 4.78 is 19.3. The highest BCUT2D eigenvalue weighted by molar-refractivity contribution is 5.22. The first-order valence-corrected chi connectivity index (χ1v) is 6.23. The van der Waals surface area contributed by atoms with E-state index >= 15 is 0 Å². The summed E-state index contributed by atoms with van der Waals surface area (Å²) in [4.78, 5) is 5.87. The van der Waals surface area contributed by atoms with Gasteiger partial charge in [-0.1, -0.05) is 6.07 Å². The molecule has 18 heavy (non-hydrogen) atoms. The minimum atomic E-state index is -1.12. The van der Waals surface area contributed by atoms with Crippen molar-refractivity contribution in [3.8, 4) is 0 Å². The van der Waals surface area contributed by atoms with E-state index in [1.54, 1.807) is 12.1 Å². The van der Waals surface area contributed by atoms with Crippen LogP contribution in [0.1, 0.15) is 18.4 Å². The van der Waals surface area contributed by atoms with Gasteiger partial charge in [-0.25, -0.2) is 4.98 Å². The van der Waals surface area contributed by atoms with Crippen molar-refractivity contribution in [2.24, 2.45) is 0 Å². The Morgan fingerprint density at radius 3 is 2.72 bits per heavy atom. The maximum atomic E-state index is 13.8. The topological polar surface area (TPSA) is 45.6 Å². The molecule has 3 heterocycles. The van der Waals surface area contributed by atoms with Gasteiger partial charge < -0.3 is 9.84 Å². The number of ether oxygens (including phenoxy) is 1. The first-order valence-electron chi connectivity index (χ1n) is 6.23. The maximum Gasteiger partial charge on any atom is 0.218 e. The fourth-order valence-corrected chi connectivity index (χ4v) is 3.10. The summed E-state index contributed by atoms with van der Waals surface area (Å²) in [5.74, 6) is -0.566. The normalized spacial score (nSPS) is 36.6. The van der Waals surface area contributed by atoms with E-state index in [-0.39, 0.29) is 12.1 Å². The molecule has 2 fully saturated rings. The number of halogens is 1. The third-order valence-corrected chi connectivity index (χ3v) is 4.18. The molecule has 0 spiro atoms. The molecule has 2 aliphatic heterocycles. The molecule has 2 aliphatic rings. The van der Waals surface area contributed by atoms with Gasteiger partial charge in [0.1, 0.15) is 0 Å². The maximum absolute atomic E-state index is 13.8. The lowest BCUT2D eigenvalue weighted by Crippen LogP contribution is -2.59. The van der Waals surface area contributed by atoms with Crippen LogP contribution in [0, 0.1) is 5.95 Å². The van der Waals surface area contributed by atoms with Crippen LogP contribution in [0.15, 0.2) is 18.3 Å². The van der Waals surface area contributed by atoms with E-state index in [9.17, 15) is 9.50 Å². The molecule has 0 aliphatic carbocycles. The highest BCUT2D eigenvalue weighted by atomic mass is 19.1. The zero-order valence-corrected chi connectivity index (χ0v) is 10.3. The number of nitrogens with zero attached hydrogens (tertiary/aromatic N) is 2. The number of piperidine rings is 1. The van der Waals surface area contributed by atoms with E-state index in [0.717, 1.165) is 0 Å². The number of fused-ring (bicyclic) bond motifs is 2. The van der Waals surface area contributed by atoms with Gasteiger partial charge in [-0.05, 0) is 26.0 Å². The number of aliphatic hydroxyl groups is 1. The van der Waals surface area contributed by atoms with Gasteiger partial charge in [-0.3, -0.25) is 4.90 Å². The van der Waals surface area contributed by atoms with Gasteiger partial charge in [0.15, 0.2) is 0 Å². The Balaban J connectivity index is 1.94. The molecule has 98 valence electrons. The molecule has 0 amide bonds. The average Bonchev–Trinajstić information content (AvgIpc) is 2.32. The largest absolute Gasteiger partial charge is 0.385 e.